The van der Waals surface area contributed by atoms with Crippen LogP contribution < -0.4 is 4.72 Å². The number of benzene rings is 1. The number of anilines is 1. The molecule has 0 aliphatic rings. The molecule has 0 atom stereocenters. The van der Waals surface area contributed by atoms with Gasteiger partial charge in [0.05, 0.1) is 23.4 Å². The Kier molecular flexibility index (Phi) is 4.87. The van der Waals surface area contributed by atoms with E-state index in [9.17, 15) is 26.4 Å². The van der Waals surface area contributed by atoms with E-state index in [0.717, 1.165) is 12.1 Å². The maximum atomic E-state index is 12.7. The summed E-state index contributed by atoms with van der Waals surface area (Å²) >= 11 is 5.44. The van der Waals surface area contributed by atoms with Gasteiger partial charge in [0.2, 0.25) is 10.0 Å². The van der Waals surface area contributed by atoms with E-state index in [1.807, 2.05) is 0 Å². The summed E-state index contributed by atoms with van der Waals surface area (Å²) in [6.07, 6.45) is -5.51. The van der Waals surface area contributed by atoms with Crippen LogP contribution in [0.2, 0.25) is 5.02 Å². The third-order valence-electron chi connectivity index (χ3n) is 2.14. The minimum atomic E-state index is -4.80. The lowest BCUT2D eigenvalue weighted by atomic mass is 10.2. The normalized spacial score (nSPS) is 12.2. The molecule has 0 aliphatic carbocycles. The average Bonchev–Trinajstić information content (AvgIpc) is 2.27. The molecule has 1 rings (SSSR count). The highest BCUT2D eigenvalue weighted by atomic mass is 35.5. The Morgan fingerprint density at radius 3 is 2.45 bits per heavy atom. The minimum Gasteiger partial charge on any atom is -0.481 e. The first-order chi connectivity index (χ1) is 9.01. The molecule has 20 heavy (non-hydrogen) atoms. The largest absolute Gasteiger partial charge is 0.481 e. The van der Waals surface area contributed by atoms with E-state index < -0.39 is 45.6 Å². The number of carbonyl (C=O) groups is 1. The van der Waals surface area contributed by atoms with Crippen molar-refractivity contribution in [3.63, 3.8) is 0 Å². The number of hydrogen-bond acceptors (Lipinski definition) is 3. The van der Waals surface area contributed by atoms with E-state index in [1.165, 1.54) is 0 Å². The number of hydrogen-bond donors (Lipinski definition) is 2. The van der Waals surface area contributed by atoms with Crippen LogP contribution in [0.1, 0.15) is 12.0 Å². The predicted octanol–water partition coefficient (Wildman–Crippen LogP) is 2.58. The number of sulfonamides is 1. The van der Waals surface area contributed by atoms with Crippen LogP contribution in [0.25, 0.3) is 0 Å². The third-order valence-corrected chi connectivity index (χ3v) is 3.64. The first-order valence-corrected chi connectivity index (χ1v) is 7.13. The summed E-state index contributed by atoms with van der Waals surface area (Å²) in [7, 11) is -4.20. The lowest BCUT2D eigenvalue weighted by Gasteiger charge is -2.14. The molecule has 0 bridgehead atoms. The molecule has 0 saturated heterocycles. The molecule has 10 heteroatoms. The standard InChI is InChI=1S/C10H9ClF3NO4S/c11-6-1-2-8(7(5-6)10(12,13)14)15-20(18,19)4-3-9(16)17/h1-2,5,15H,3-4H2,(H,16,17). The van der Waals surface area contributed by atoms with Gasteiger partial charge in [-0.2, -0.15) is 13.2 Å². The van der Waals surface area contributed by atoms with E-state index in [2.05, 4.69) is 0 Å². The van der Waals surface area contributed by atoms with Gasteiger partial charge in [-0.3, -0.25) is 9.52 Å². The van der Waals surface area contributed by atoms with E-state index >= 15 is 0 Å². The van der Waals surface area contributed by atoms with Gasteiger partial charge in [-0.15, -0.1) is 0 Å². The zero-order chi connectivity index (χ0) is 15.6. The maximum absolute atomic E-state index is 12.7. The van der Waals surface area contributed by atoms with Gasteiger partial charge < -0.3 is 5.11 Å². The van der Waals surface area contributed by atoms with Crippen molar-refractivity contribution in [2.24, 2.45) is 0 Å². The van der Waals surface area contributed by atoms with Gasteiger partial charge in [0, 0.05) is 5.02 Å². The number of aliphatic carboxylic acids is 1. The Balaban J connectivity index is 3.06. The van der Waals surface area contributed by atoms with Crippen LogP contribution in [0.3, 0.4) is 0 Å². The molecule has 1 aromatic rings. The van der Waals surface area contributed by atoms with Crippen molar-refractivity contribution < 1.29 is 31.5 Å². The van der Waals surface area contributed by atoms with Gasteiger partial charge in [0.15, 0.2) is 0 Å². The lowest BCUT2D eigenvalue weighted by molar-refractivity contribution is -0.137. The van der Waals surface area contributed by atoms with Crippen molar-refractivity contribution >= 4 is 33.3 Å². The van der Waals surface area contributed by atoms with Crippen LogP contribution in [0.4, 0.5) is 18.9 Å². The second-order valence-corrected chi connectivity index (χ2v) is 6.03. The highest BCUT2D eigenvalue weighted by Crippen LogP contribution is 2.36. The monoisotopic (exact) mass is 331 g/mol. The Morgan fingerprint density at radius 1 is 1.35 bits per heavy atom. The summed E-state index contributed by atoms with van der Waals surface area (Å²) in [6.45, 7) is 0. The van der Waals surface area contributed by atoms with E-state index in [-0.39, 0.29) is 5.02 Å². The first-order valence-electron chi connectivity index (χ1n) is 5.10. The predicted molar refractivity (Wildman–Crippen MR) is 66.1 cm³/mol. The fourth-order valence-corrected chi connectivity index (χ4v) is 2.51. The van der Waals surface area contributed by atoms with Crippen LogP contribution in [0.15, 0.2) is 18.2 Å². The SMILES string of the molecule is O=C(O)CCS(=O)(=O)Nc1ccc(Cl)cc1C(F)(F)F. The van der Waals surface area contributed by atoms with Gasteiger partial charge in [-0.05, 0) is 18.2 Å². The Hall–Kier alpha value is -1.48. The van der Waals surface area contributed by atoms with Gasteiger partial charge >= 0.3 is 12.1 Å². The summed E-state index contributed by atoms with van der Waals surface area (Å²) in [5.74, 6) is -2.20. The van der Waals surface area contributed by atoms with Crippen LogP contribution in [-0.2, 0) is 21.0 Å². The number of halogens is 4. The lowest BCUT2D eigenvalue weighted by Crippen LogP contribution is -2.21. The molecule has 0 radical (unpaired) electrons. The summed E-state index contributed by atoms with van der Waals surface area (Å²) < 4.78 is 62.9. The van der Waals surface area contributed by atoms with Crippen molar-refractivity contribution in [3.05, 3.63) is 28.8 Å². The van der Waals surface area contributed by atoms with Crippen molar-refractivity contribution in [2.45, 2.75) is 12.6 Å². The molecule has 0 amide bonds. The fraction of sp³-hybridized carbons (Fsp3) is 0.300. The van der Waals surface area contributed by atoms with Crippen LogP contribution in [-0.4, -0.2) is 25.2 Å². The molecule has 0 heterocycles. The molecule has 112 valence electrons. The molecule has 1 aromatic carbocycles. The van der Waals surface area contributed by atoms with Gasteiger partial charge in [-0.25, -0.2) is 8.42 Å². The van der Waals surface area contributed by atoms with Crippen molar-refractivity contribution in [2.75, 3.05) is 10.5 Å². The van der Waals surface area contributed by atoms with Crippen molar-refractivity contribution in [1.82, 2.24) is 0 Å². The fourth-order valence-electron chi connectivity index (χ4n) is 1.28. The van der Waals surface area contributed by atoms with Crippen LogP contribution >= 0.6 is 11.6 Å². The Bertz CT molecular complexity index is 615. The number of carboxylic acid groups (broad SMARTS) is 1. The van der Waals surface area contributed by atoms with Gasteiger partial charge in [0.1, 0.15) is 0 Å². The molecule has 0 aromatic heterocycles. The minimum absolute atomic E-state index is 0.203. The highest BCUT2D eigenvalue weighted by molar-refractivity contribution is 7.92. The zero-order valence-electron chi connectivity index (χ0n) is 9.74. The molecule has 0 spiro atoms. The van der Waals surface area contributed by atoms with Gasteiger partial charge in [0.25, 0.3) is 0 Å². The molecule has 5 nitrogen and oxygen atoms in total. The molecular weight excluding hydrogens is 323 g/mol. The van der Waals surface area contributed by atoms with E-state index in [0.29, 0.717) is 6.07 Å². The topological polar surface area (TPSA) is 83.5 Å². The smallest absolute Gasteiger partial charge is 0.418 e. The van der Waals surface area contributed by atoms with E-state index in [1.54, 1.807) is 4.72 Å². The van der Waals surface area contributed by atoms with Crippen molar-refractivity contribution in [3.8, 4) is 0 Å². The number of alkyl halides is 3. The molecule has 0 unspecified atom stereocenters. The second-order valence-electron chi connectivity index (χ2n) is 3.75. The number of rotatable bonds is 5. The number of nitrogens with one attached hydrogen (secondary N) is 1. The first kappa shape index (κ1) is 16.6. The average molecular weight is 332 g/mol. The molecule has 0 fully saturated rings. The quantitative estimate of drug-likeness (QED) is 0.868. The maximum Gasteiger partial charge on any atom is 0.418 e. The third kappa shape index (κ3) is 4.89. The second kappa shape index (κ2) is 5.88. The van der Waals surface area contributed by atoms with Gasteiger partial charge in [-0.1, -0.05) is 11.6 Å². The van der Waals surface area contributed by atoms with Crippen LogP contribution in [0, 0.1) is 0 Å². The molecular formula is C10H9ClF3NO4S. The molecule has 0 saturated carbocycles. The molecule has 0 aliphatic heterocycles. The summed E-state index contributed by atoms with van der Waals surface area (Å²) in [5, 5.41) is 8.17. The van der Waals surface area contributed by atoms with Crippen LogP contribution in [0.5, 0.6) is 0 Å². The Morgan fingerprint density at radius 2 is 1.95 bits per heavy atom. The summed E-state index contributed by atoms with van der Waals surface area (Å²) in [4.78, 5) is 10.3. The Labute approximate surface area is 117 Å². The molecule has 2 N–H and O–H groups in total. The van der Waals surface area contributed by atoms with E-state index in [4.69, 9.17) is 16.7 Å². The highest BCUT2D eigenvalue weighted by Gasteiger charge is 2.34. The summed E-state index contributed by atoms with van der Waals surface area (Å²) in [5.41, 5.74) is -1.95. The summed E-state index contributed by atoms with van der Waals surface area (Å²) in [6, 6.07) is 2.53. The van der Waals surface area contributed by atoms with Crippen molar-refractivity contribution in [1.29, 1.82) is 0 Å². The zero-order valence-corrected chi connectivity index (χ0v) is 11.3. The number of carboxylic acids is 1.